The second kappa shape index (κ2) is 4.56. The zero-order chi connectivity index (χ0) is 14.2. The minimum Gasteiger partial charge on any atom is -0.383 e. The van der Waals surface area contributed by atoms with E-state index in [4.69, 9.17) is 11.6 Å². The molecular weight excluding hydrogens is 242 g/mol. The number of amides is 1. The van der Waals surface area contributed by atoms with E-state index < -0.39 is 17.2 Å². The lowest BCUT2D eigenvalue weighted by atomic mass is 9.55. The second-order valence-corrected chi connectivity index (χ2v) is 5.33. The van der Waals surface area contributed by atoms with Gasteiger partial charge in [-0.15, -0.1) is 0 Å². The molecule has 6 heteroatoms. The molecule has 0 radical (unpaired) electrons. The van der Waals surface area contributed by atoms with Gasteiger partial charge in [0, 0.05) is 5.41 Å². The summed E-state index contributed by atoms with van der Waals surface area (Å²) in [6, 6.07) is 4.14. The molecular formula is C13H17N5O. The van der Waals surface area contributed by atoms with Crippen molar-refractivity contribution in [2.75, 3.05) is 0 Å². The number of rotatable bonds is 0. The highest BCUT2D eigenvalue weighted by atomic mass is 16.2. The Morgan fingerprint density at radius 3 is 2.63 bits per heavy atom. The molecule has 6 nitrogen and oxygen atoms in total. The van der Waals surface area contributed by atoms with E-state index in [9.17, 15) is 15.3 Å². The van der Waals surface area contributed by atoms with Gasteiger partial charge in [0.05, 0.1) is 17.7 Å². The zero-order valence-corrected chi connectivity index (χ0v) is 10.9. The highest BCUT2D eigenvalue weighted by molar-refractivity contribution is 5.86. The van der Waals surface area contributed by atoms with Crippen molar-refractivity contribution >= 4 is 5.91 Å². The van der Waals surface area contributed by atoms with E-state index in [1.807, 2.05) is 13.0 Å². The minimum atomic E-state index is -0.922. The van der Waals surface area contributed by atoms with E-state index in [0.29, 0.717) is 12.0 Å². The first-order chi connectivity index (χ1) is 9.00. The third-order valence-corrected chi connectivity index (χ3v) is 4.58. The molecule has 19 heavy (non-hydrogen) atoms. The Bertz CT molecular complexity index is 526. The average molecular weight is 259 g/mol. The molecule has 2 aliphatic rings. The van der Waals surface area contributed by atoms with Crippen molar-refractivity contribution in [3.63, 3.8) is 0 Å². The van der Waals surface area contributed by atoms with Crippen LogP contribution in [0.15, 0.2) is 11.4 Å². The van der Waals surface area contributed by atoms with Crippen molar-refractivity contribution in [1.29, 1.82) is 10.5 Å². The van der Waals surface area contributed by atoms with Gasteiger partial charge in [0.1, 0.15) is 11.7 Å². The van der Waals surface area contributed by atoms with E-state index in [0.717, 1.165) is 24.3 Å². The molecule has 1 amide bonds. The number of nitrogens with zero attached hydrogens (tertiary/aromatic N) is 3. The summed E-state index contributed by atoms with van der Waals surface area (Å²) in [5, 5.41) is 19.6. The summed E-state index contributed by atoms with van der Waals surface area (Å²) in [7, 11) is 0. The molecule has 0 aromatic carbocycles. The quantitative estimate of drug-likeness (QED) is 0.491. The first kappa shape index (κ1) is 13.4. The lowest BCUT2D eigenvalue weighted by molar-refractivity contribution is -0.139. The minimum absolute atomic E-state index is 0.00671. The van der Waals surface area contributed by atoms with Crippen molar-refractivity contribution in [3.05, 3.63) is 11.4 Å². The van der Waals surface area contributed by atoms with E-state index in [2.05, 4.69) is 6.07 Å². The molecule has 0 aromatic rings. The molecule has 1 spiro atoms. The Morgan fingerprint density at radius 2 is 2.11 bits per heavy atom. The molecule has 1 heterocycles. The predicted octanol–water partition coefficient (Wildman–Crippen LogP) is 0.732. The van der Waals surface area contributed by atoms with Gasteiger partial charge in [-0.3, -0.25) is 4.79 Å². The van der Waals surface area contributed by atoms with Gasteiger partial charge in [0.25, 0.3) is 5.91 Å². The number of nitrogens with two attached hydrogens (primary N) is 2. The van der Waals surface area contributed by atoms with Crippen molar-refractivity contribution in [3.8, 4) is 12.1 Å². The van der Waals surface area contributed by atoms with Gasteiger partial charge in [-0.2, -0.15) is 10.5 Å². The topological polar surface area (TPSA) is 120 Å². The summed E-state index contributed by atoms with van der Waals surface area (Å²) < 4.78 is 0. The van der Waals surface area contributed by atoms with Gasteiger partial charge in [0.2, 0.25) is 0 Å². The van der Waals surface area contributed by atoms with Crippen LogP contribution in [0.5, 0.6) is 0 Å². The van der Waals surface area contributed by atoms with Gasteiger partial charge >= 0.3 is 0 Å². The largest absolute Gasteiger partial charge is 0.383 e. The average Bonchev–Trinajstić information content (AvgIpc) is 2.41. The lowest BCUT2D eigenvalue weighted by Crippen LogP contribution is -2.57. The van der Waals surface area contributed by atoms with Crippen LogP contribution in [0, 0.1) is 39.9 Å². The zero-order valence-electron chi connectivity index (χ0n) is 10.9. The van der Waals surface area contributed by atoms with Crippen LogP contribution in [0.1, 0.15) is 32.6 Å². The van der Waals surface area contributed by atoms with E-state index in [-0.39, 0.29) is 11.7 Å². The Balaban J connectivity index is 2.69. The Morgan fingerprint density at radius 1 is 1.42 bits per heavy atom. The van der Waals surface area contributed by atoms with E-state index in [1.54, 1.807) is 0 Å². The van der Waals surface area contributed by atoms with Gasteiger partial charge in [-0.1, -0.05) is 19.8 Å². The van der Waals surface area contributed by atoms with Crippen molar-refractivity contribution in [2.45, 2.75) is 32.6 Å². The van der Waals surface area contributed by atoms with Crippen LogP contribution in [0.4, 0.5) is 0 Å². The molecule has 0 aromatic heterocycles. The number of hydrazine groups is 1. The fourth-order valence-corrected chi connectivity index (χ4v) is 3.49. The SMILES string of the molecule is CC1CCCCC12C(C#N)=C(N)N(N)C(=O)C2C#N. The summed E-state index contributed by atoms with van der Waals surface area (Å²) in [6.07, 6.45) is 3.45. The van der Waals surface area contributed by atoms with Crippen molar-refractivity contribution in [2.24, 2.45) is 28.8 Å². The lowest BCUT2D eigenvalue weighted by Gasteiger charge is -2.48. The molecule has 2 rings (SSSR count). The molecule has 1 aliphatic heterocycles. The molecule has 1 aliphatic carbocycles. The highest BCUT2D eigenvalue weighted by Gasteiger charge is 2.56. The number of hydrogen-bond acceptors (Lipinski definition) is 5. The van der Waals surface area contributed by atoms with Crippen LogP contribution in [0.25, 0.3) is 0 Å². The smallest absolute Gasteiger partial charge is 0.260 e. The third-order valence-electron chi connectivity index (χ3n) is 4.58. The van der Waals surface area contributed by atoms with Gasteiger partial charge < -0.3 is 5.73 Å². The van der Waals surface area contributed by atoms with Crippen LogP contribution in [-0.4, -0.2) is 10.9 Å². The fourth-order valence-electron chi connectivity index (χ4n) is 3.49. The number of allylic oxidation sites excluding steroid dienone is 1. The maximum absolute atomic E-state index is 12.2. The molecule has 3 atom stereocenters. The molecule has 100 valence electrons. The Kier molecular flexibility index (Phi) is 3.21. The van der Waals surface area contributed by atoms with Crippen LogP contribution in [0.2, 0.25) is 0 Å². The standard InChI is InChI=1S/C13H17N5O/c1-8-4-2-3-5-13(8)9(6-14)11(16)18(17)12(19)10(13)7-15/h8,10H,2-5,16-17H2,1H3. The molecule has 0 bridgehead atoms. The van der Waals surface area contributed by atoms with Gasteiger partial charge in [-0.05, 0) is 18.8 Å². The fraction of sp³-hybridized carbons (Fsp3) is 0.615. The van der Waals surface area contributed by atoms with E-state index >= 15 is 0 Å². The van der Waals surface area contributed by atoms with Crippen LogP contribution >= 0.6 is 0 Å². The molecule has 4 N–H and O–H groups in total. The molecule has 1 fully saturated rings. The first-order valence-corrected chi connectivity index (χ1v) is 6.39. The van der Waals surface area contributed by atoms with Crippen LogP contribution in [-0.2, 0) is 4.79 Å². The molecule has 0 saturated heterocycles. The molecule has 3 unspecified atom stereocenters. The van der Waals surface area contributed by atoms with Crippen molar-refractivity contribution in [1.82, 2.24) is 5.01 Å². The highest BCUT2D eigenvalue weighted by Crippen LogP contribution is 2.54. The van der Waals surface area contributed by atoms with E-state index in [1.165, 1.54) is 0 Å². The maximum Gasteiger partial charge on any atom is 0.260 e. The number of carbonyl (C=O) groups excluding carboxylic acids is 1. The summed E-state index contributed by atoms with van der Waals surface area (Å²) in [5.74, 6) is 4.22. The summed E-state index contributed by atoms with van der Waals surface area (Å²) in [4.78, 5) is 12.2. The summed E-state index contributed by atoms with van der Waals surface area (Å²) in [5.41, 5.74) is 5.37. The maximum atomic E-state index is 12.2. The summed E-state index contributed by atoms with van der Waals surface area (Å²) >= 11 is 0. The molecule has 1 saturated carbocycles. The Labute approximate surface area is 112 Å². The first-order valence-electron chi connectivity index (χ1n) is 6.39. The normalized spacial score (nSPS) is 35.2. The number of nitriles is 2. The monoisotopic (exact) mass is 259 g/mol. The van der Waals surface area contributed by atoms with Crippen LogP contribution < -0.4 is 11.6 Å². The van der Waals surface area contributed by atoms with Gasteiger partial charge in [-0.25, -0.2) is 10.9 Å². The number of carbonyl (C=O) groups is 1. The third kappa shape index (κ3) is 1.61. The van der Waals surface area contributed by atoms with Crippen molar-refractivity contribution < 1.29 is 4.79 Å². The van der Waals surface area contributed by atoms with Gasteiger partial charge in [0.15, 0.2) is 0 Å². The summed E-state index contributed by atoms with van der Waals surface area (Å²) in [6.45, 7) is 1.98. The van der Waals surface area contributed by atoms with Crippen LogP contribution in [0.3, 0.4) is 0 Å². The second-order valence-electron chi connectivity index (χ2n) is 5.33. The number of hydrogen-bond donors (Lipinski definition) is 2. The predicted molar refractivity (Wildman–Crippen MR) is 67.0 cm³/mol. The Hall–Kier alpha value is -2.05.